The van der Waals surface area contributed by atoms with Crippen LogP contribution in [-0.4, -0.2) is 24.4 Å². The molecule has 0 heterocycles. The molecule has 3 N–H and O–H groups in total. The normalized spacial score (nSPS) is 23.1. The fourth-order valence-electron chi connectivity index (χ4n) is 4.28. The maximum atomic E-state index is 12.6. The smallest absolute Gasteiger partial charge is 0.227 e. The van der Waals surface area contributed by atoms with Gasteiger partial charge in [-0.25, -0.2) is 0 Å². The number of benzene rings is 1. The van der Waals surface area contributed by atoms with Gasteiger partial charge >= 0.3 is 0 Å². The van der Waals surface area contributed by atoms with Crippen molar-refractivity contribution in [1.82, 2.24) is 10.6 Å². The van der Waals surface area contributed by atoms with Crippen molar-refractivity contribution in [1.29, 1.82) is 0 Å². The third-order valence-electron chi connectivity index (χ3n) is 5.94. The zero-order chi connectivity index (χ0) is 19.1. The molecule has 2 fully saturated rings. The van der Waals surface area contributed by atoms with Gasteiger partial charge in [0.1, 0.15) is 0 Å². The van der Waals surface area contributed by atoms with Crippen LogP contribution in [0.3, 0.4) is 0 Å². The highest BCUT2D eigenvalue weighted by atomic mass is 16.2. The number of hydrogen-bond donors (Lipinski definition) is 3. The summed E-state index contributed by atoms with van der Waals surface area (Å²) in [5.74, 6) is 0.608. The molecule has 0 aliphatic heterocycles. The molecule has 2 saturated carbocycles. The van der Waals surface area contributed by atoms with Crippen molar-refractivity contribution in [2.45, 2.75) is 70.9 Å². The molecule has 0 spiro atoms. The summed E-state index contributed by atoms with van der Waals surface area (Å²) in [6.07, 6.45) is 7.93. The van der Waals surface area contributed by atoms with E-state index in [0.717, 1.165) is 57.3 Å². The maximum Gasteiger partial charge on any atom is 0.227 e. The van der Waals surface area contributed by atoms with Crippen molar-refractivity contribution < 1.29 is 9.59 Å². The molecule has 0 atom stereocenters. The molecule has 1 aromatic rings. The van der Waals surface area contributed by atoms with Gasteiger partial charge in [0, 0.05) is 30.1 Å². The zero-order valence-electron chi connectivity index (χ0n) is 16.4. The number of amides is 2. The molecule has 0 saturated heterocycles. The molecular formula is C22H33N3O2. The van der Waals surface area contributed by atoms with Crippen LogP contribution in [0, 0.1) is 11.8 Å². The van der Waals surface area contributed by atoms with E-state index >= 15 is 0 Å². The Kier molecular flexibility index (Phi) is 7.27. The monoisotopic (exact) mass is 371 g/mol. The van der Waals surface area contributed by atoms with Gasteiger partial charge in [0.05, 0.1) is 0 Å². The molecule has 0 unspecified atom stereocenters. The van der Waals surface area contributed by atoms with E-state index in [0.29, 0.717) is 0 Å². The summed E-state index contributed by atoms with van der Waals surface area (Å²) in [5, 5.41) is 9.60. The van der Waals surface area contributed by atoms with Crippen molar-refractivity contribution in [2.75, 3.05) is 11.9 Å². The minimum Gasteiger partial charge on any atom is -0.353 e. The lowest BCUT2D eigenvalue weighted by Crippen LogP contribution is -2.41. The average molecular weight is 372 g/mol. The number of nitrogens with one attached hydrogen (secondary N) is 3. The van der Waals surface area contributed by atoms with Crippen LogP contribution in [0.1, 0.15) is 63.9 Å². The van der Waals surface area contributed by atoms with Crippen LogP contribution in [-0.2, 0) is 16.1 Å². The first-order valence-electron chi connectivity index (χ1n) is 10.6. The number of carbonyl (C=O) groups excluding carboxylic acids is 2. The number of hydrogen-bond acceptors (Lipinski definition) is 3. The van der Waals surface area contributed by atoms with E-state index < -0.39 is 0 Å². The Bertz CT molecular complexity index is 632. The summed E-state index contributed by atoms with van der Waals surface area (Å²) >= 11 is 0. The average Bonchev–Trinajstić information content (AvgIpc) is 3.22. The second-order valence-electron chi connectivity index (χ2n) is 8.01. The van der Waals surface area contributed by atoms with Crippen LogP contribution >= 0.6 is 0 Å². The SMILES string of the molecule is CCNCc1cccc(NC(=O)C2CCC(NC(=O)C3CCCC3)CC2)c1. The molecule has 2 aliphatic rings. The molecular weight excluding hydrogens is 338 g/mol. The Morgan fingerprint density at radius 3 is 2.37 bits per heavy atom. The highest BCUT2D eigenvalue weighted by molar-refractivity contribution is 5.92. The molecule has 5 nitrogen and oxygen atoms in total. The van der Waals surface area contributed by atoms with Crippen LogP contribution in [0.4, 0.5) is 5.69 Å². The Morgan fingerprint density at radius 1 is 0.963 bits per heavy atom. The van der Waals surface area contributed by atoms with E-state index in [1.165, 1.54) is 18.4 Å². The molecule has 5 heteroatoms. The van der Waals surface area contributed by atoms with Gasteiger partial charge in [-0.1, -0.05) is 31.9 Å². The van der Waals surface area contributed by atoms with Crippen LogP contribution in [0.2, 0.25) is 0 Å². The van der Waals surface area contributed by atoms with Gasteiger partial charge in [-0.15, -0.1) is 0 Å². The van der Waals surface area contributed by atoms with Gasteiger partial charge in [-0.05, 0) is 62.8 Å². The summed E-state index contributed by atoms with van der Waals surface area (Å²) < 4.78 is 0. The minimum absolute atomic E-state index is 0.0436. The highest BCUT2D eigenvalue weighted by Crippen LogP contribution is 2.28. The topological polar surface area (TPSA) is 70.2 Å². The molecule has 0 aromatic heterocycles. The lowest BCUT2D eigenvalue weighted by Gasteiger charge is -2.29. The van der Waals surface area contributed by atoms with Crippen molar-refractivity contribution in [3.63, 3.8) is 0 Å². The number of anilines is 1. The van der Waals surface area contributed by atoms with Gasteiger partial charge < -0.3 is 16.0 Å². The van der Waals surface area contributed by atoms with Gasteiger partial charge in [-0.2, -0.15) is 0 Å². The highest BCUT2D eigenvalue weighted by Gasteiger charge is 2.29. The molecule has 2 aliphatic carbocycles. The van der Waals surface area contributed by atoms with E-state index in [1.807, 2.05) is 18.2 Å². The Balaban J connectivity index is 1.43. The lowest BCUT2D eigenvalue weighted by molar-refractivity contribution is -0.125. The second kappa shape index (κ2) is 9.88. The minimum atomic E-state index is 0.0436. The molecule has 3 rings (SSSR count). The molecule has 1 aromatic carbocycles. The van der Waals surface area contributed by atoms with Gasteiger partial charge in [-0.3, -0.25) is 9.59 Å². The first-order chi connectivity index (χ1) is 13.2. The fourth-order valence-corrected chi connectivity index (χ4v) is 4.28. The van der Waals surface area contributed by atoms with E-state index in [1.54, 1.807) is 0 Å². The van der Waals surface area contributed by atoms with Crippen LogP contribution in [0.15, 0.2) is 24.3 Å². The van der Waals surface area contributed by atoms with E-state index in [-0.39, 0.29) is 29.7 Å². The fraction of sp³-hybridized carbons (Fsp3) is 0.636. The van der Waals surface area contributed by atoms with Gasteiger partial charge in [0.2, 0.25) is 11.8 Å². The van der Waals surface area contributed by atoms with Crippen molar-refractivity contribution >= 4 is 17.5 Å². The maximum absolute atomic E-state index is 12.6. The standard InChI is InChI=1S/C22H33N3O2/c1-2-23-15-16-6-5-9-20(14-16)25-22(27)18-10-12-19(13-11-18)24-21(26)17-7-3-4-8-17/h5-6,9,14,17-19,23H,2-4,7-8,10-13,15H2,1H3,(H,24,26)(H,25,27). The Hall–Kier alpha value is -1.88. The number of rotatable bonds is 7. The third kappa shape index (κ3) is 5.80. The van der Waals surface area contributed by atoms with Crippen molar-refractivity contribution in [2.24, 2.45) is 11.8 Å². The van der Waals surface area contributed by atoms with Crippen LogP contribution in [0.25, 0.3) is 0 Å². The molecule has 148 valence electrons. The largest absolute Gasteiger partial charge is 0.353 e. The van der Waals surface area contributed by atoms with Gasteiger partial charge in [0.15, 0.2) is 0 Å². The van der Waals surface area contributed by atoms with Crippen LogP contribution in [0.5, 0.6) is 0 Å². The molecule has 0 bridgehead atoms. The van der Waals surface area contributed by atoms with E-state index in [9.17, 15) is 9.59 Å². The third-order valence-corrected chi connectivity index (χ3v) is 5.94. The summed E-state index contributed by atoms with van der Waals surface area (Å²) in [4.78, 5) is 24.9. The first kappa shape index (κ1) is 19.9. The zero-order valence-corrected chi connectivity index (χ0v) is 16.4. The first-order valence-corrected chi connectivity index (χ1v) is 10.6. The summed E-state index contributed by atoms with van der Waals surface area (Å²) in [6, 6.07) is 8.27. The predicted octanol–water partition coefficient (Wildman–Crippen LogP) is 3.60. The van der Waals surface area contributed by atoms with E-state index in [4.69, 9.17) is 0 Å². The quantitative estimate of drug-likeness (QED) is 0.686. The Labute approximate surface area is 162 Å². The Morgan fingerprint density at radius 2 is 1.67 bits per heavy atom. The molecule has 27 heavy (non-hydrogen) atoms. The van der Waals surface area contributed by atoms with Crippen molar-refractivity contribution in [3.8, 4) is 0 Å². The summed E-state index contributed by atoms with van der Waals surface area (Å²) in [5.41, 5.74) is 2.04. The van der Waals surface area contributed by atoms with E-state index in [2.05, 4.69) is 28.9 Å². The van der Waals surface area contributed by atoms with Crippen molar-refractivity contribution in [3.05, 3.63) is 29.8 Å². The second-order valence-corrected chi connectivity index (χ2v) is 8.01. The summed E-state index contributed by atoms with van der Waals surface area (Å²) in [6.45, 7) is 3.82. The molecule has 0 radical (unpaired) electrons. The predicted molar refractivity (Wildman–Crippen MR) is 108 cm³/mol. The molecule has 2 amide bonds. The summed E-state index contributed by atoms with van der Waals surface area (Å²) in [7, 11) is 0. The van der Waals surface area contributed by atoms with Crippen LogP contribution < -0.4 is 16.0 Å². The number of carbonyl (C=O) groups is 2. The van der Waals surface area contributed by atoms with Gasteiger partial charge in [0.25, 0.3) is 0 Å². The lowest BCUT2D eigenvalue weighted by atomic mass is 9.85.